The molecule has 1 aliphatic carbocycles. The summed E-state index contributed by atoms with van der Waals surface area (Å²) in [5, 5.41) is 3.98. The van der Waals surface area contributed by atoms with Crippen LogP contribution >= 0.6 is 0 Å². The number of rotatable bonds is 4. The van der Waals surface area contributed by atoms with Crippen LogP contribution in [0.2, 0.25) is 0 Å². The van der Waals surface area contributed by atoms with E-state index in [4.69, 9.17) is 4.74 Å². The molecule has 0 saturated heterocycles. The Bertz CT molecular complexity index is 1040. The number of amides is 1. The topological polar surface area (TPSA) is 71.2 Å². The number of ether oxygens (including phenoxy) is 1. The van der Waals surface area contributed by atoms with E-state index >= 15 is 0 Å². The van der Waals surface area contributed by atoms with E-state index in [-0.39, 0.29) is 17.9 Å². The molecule has 0 radical (unpaired) electrons. The Kier molecular flexibility index (Phi) is 4.21. The average Bonchev–Trinajstić information content (AvgIpc) is 3.13. The van der Waals surface area contributed by atoms with Crippen molar-refractivity contribution in [2.24, 2.45) is 0 Å². The fourth-order valence-corrected chi connectivity index (χ4v) is 3.61. The van der Waals surface area contributed by atoms with E-state index in [0.717, 1.165) is 52.6 Å². The van der Waals surface area contributed by atoms with Gasteiger partial charge in [-0.1, -0.05) is 18.2 Å². The van der Waals surface area contributed by atoms with Crippen LogP contribution < -0.4 is 15.6 Å². The molecule has 26 heavy (non-hydrogen) atoms. The Morgan fingerprint density at radius 1 is 1.12 bits per heavy atom. The lowest BCUT2D eigenvalue weighted by Crippen LogP contribution is -2.15. The minimum Gasteiger partial charge on any atom is -0.497 e. The number of benzene rings is 2. The number of anilines is 1. The molecule has 2 N–H and O–H groups in total. The summed E-state index contributed by atoms with van der Waals surface area (Å²) in [6, 6.07) is 13.1. The Morgan fingerprint density at radius 2 is 1.88 bits per heavy atom. The third kappa shape index (κ3) is 3.08. The van der Waals surface area contributed by atoms with Crippen LogP contribution in [-0.4, -0.2) is 18.0 Å². The molecule has 5 nitrogen and oxygen atoms in total. The number of carbonyl (C=O) groups is 1. The maximum absolute atomic E-state index is 12.3. The number of hydrogen-bond acceptors (Lipinski definition) is 3. The molecule has 0 fully saturated rings. The lowest BCUT2D eigenvalue weighted by atomic mass is 10.1. The molecule has 1 amide bonds. The van der Waals surface area contributed by atoms with Crippen molar-refractivity contribution >= 4 is 22.5 Å². The normalized spacial score (nSPS) is 12.8. The van der Waals surface area contributed by atoms with Crippen molar-refractivity contribution in [1.29, 1.82) is 0 Å². The summed E-state index contributed by atoms with van der Waals surface area (Å²) in [7, 11) is 1.61. The first-order chi connectivity index (χ1) is 12.6. The summed E-state index contributed by atoms with van der Waals surface area (Å²) in [5.41, 5.74) is 4.43. The molecule has 0 atom stereocenters. The van der Waals surface area contributed by atoms with Crippen LogP contribution in [-0.2, 0) is 24.1 Å². The number of carbonyl (C=O) groups excluding carboxylic acids is 1. The first-order valence-corrected chi connectivity index (χ1v) is 8.74. The van der Waals surface area contributed by atoms with Gasteiger partial charge in [-0.3, -0.25) is 9.59 Å². The SMILES string of the molecule is COc1ccc(CC(=O)Nc2ccc3c4c(c(=O)[nH]c3c2)CCC4)cc1. The van der Waals surface area contributed by atoms with Gasteiger partial charge in [-0.15, -0.1) is 0 Å². The number of aromatic nitrogens is 1. The molecule has 2 aromatic carbocycles. The Hall–Kier alpha value is -3.08. The summed E-state index contributed by atoms with van der Waals surface area (Å²) in [6.07, 6.45) is 3.10. The summed E-state index contributed by atoms with van der Waals surface area (Å²) in [4.78, 5) is 27.5. The minimum absolute atomic E-state index is 0.00768. The fraction of sp³-hybridized carbons (Fsp3) is 0.238. The van der Waals surface area contributed by atoms with Crippen LogP contribution in [0.4, 0.5) is 5.69 Å². The van der Waals surface area contributed by atoms with Gasteiger partial charge in [-0.25, -0.2) is 0 Å². The Morgan fingerprint density at radius 3 is 2.65 bits per heavy atom. The monoisotopic (exact) mass is 348 g/mol. The molecular formula is C21H20N2O3. The van der Waals surface area contributed by atoms with Crippen molar-refractivity contribution < 1.29 is 9.53 Å². The predicted molar refractivity (Wildman–Crippen MR) is 102 cm³/mol. The van der Waals surface area contributed by atoms with Gasteiger partial charge in [0.2, 0.25) is 5.91 Å². The van der Waals surface area contributed by atoms with Crippen molar-refractivity contribution in [3.8, 4) is 5.75 Å². The van der Waals surface area contributed by atoms with Crippen molar-refractivity contribution in [2.75, 3.05) is 12.4 Å². The van der Waals surface area contributed by atoms with Gasteiger partial charge < -0.3 is 15.0 Å². The second-order valence-corrected chi connectivity index (χ2v) is 6.60. The number of pyridine rings is 1. The molecule has 1 aromatic heterocycles. The third-order valence-corrected chi connectivity index (χ3v) is 4.89. The molecule has 4 rings (SSSR count). The summed E-state index contributed by atoms with van der Waals surface area (Å²) in [6.45, 7) is 0. The number of aryl methyl sites for hydroxylation is 1. The highest BCUT2D eigenvalue weighted by atomic mass is 16.5. The lowest BCUT2D eigenvalue weighted by Gasteiger charge is -2.09. The maximum Gasteiger partial charge on any atom is 0.251 e. The molecule has 0 aliphatic heterocycles. The van der Waals surface area contributed by atoms with E-state index in [9.17, 15) is 9.59 Å². The van der Waals surface area contributed by atoms with E-state index < -0.39 is 0 Å². The van der Waals surface area contributed by atoms with Gasteiger partial charge in [-0.05, 0) is 54.7 Å². The third-order valence-electron chi connectivity index (χ3n) is 4.89. The Labute approximate surface area is 151 Å². The molecule has 3 aromatic rings. The summed E-state index contributed by atoms with van der Waals surface area (Å²) < 4.78 is 5.12. The number of methoxy groups -OCH3 is 1. The van der Waals surface area contributed by atoms with Gasteiger partial charge in [0, 0.05) is 16.6 Å². The van der Waals surface area contributed by atoms with E-state index in [1.165, 1.54) is 0 Å². The highest BCUT2D eigenvalue weighted by Gasteiger charge is 2.18. The highest BCUT2D eigenvalue weighted by Crippen LogP contribution is 2.27. The van der Waals surface area contributed by atoms with Crippen LogP contribution in [0.5, 0.6) is 5.75 Å². The molecule has 0 unspecified atom stereocenters. The van der Waals surface area contributed by atoms with Crippen molar-refractivity contribution in [1.82, 2.24) is 4.98 Å². The van der Waals surface area contributed by atoms with Crippen molar-refractivity contribution in [2.45, 2.75) is 25.7 Å². The minimum atomic E-state index is -0.0991. The first-order valence-electron chi connectivity index (χ1n) is 8.74. The van der Waals surface area contributed by atoms with Gasteiger partial charge in [0.15, 0.2) is 0 Å². The smallest absolute Gasteiger partial charge is 0.251 e. The molecular weight excluding hydrogens is 328 g/mol. The lowest BCUT2D eigenvalue weighted by molar-refractivity contribution is -0.115. The number of nitrogens with one attached hydrogen (secondary N) is 2. The number of fused-ring (bicyclic) bond motifs is 3. The molecule has 0 saturated carbocycles. The van der Waals surface area contributed by atoms with E-state index in [2.05, 4.69) is 10.3 Å². The molecule has 5 heteroatoms. The maximum atomic E-state index is 12.3. The standard InChI is InChI=1S/C21H20N2O3/c1-26-15-8-5-13(6-9-15)11-20(24)22-14-7-10-17-16-3-2-4-18(16)21(25)23-19(17)12-14/h5-10,12H,2-4,11H2,1H3,(H,22,24)(H,23,25). The highest BCUT2D eigenvalue weighted by molar-refractivity contribution is 5.95. The largest absolute Gasteiger partial charge is 0.497 e. The molecule has 0 spiro atoms. The molecule has 1 heterocycles. The quantitative estimate of drug-likeness (QED) is 0.760. The van der Waals surface area contributed by atoms with Crippen LogP contribution in [0.3, 0.4) is 0 Å². The second kappa shape index (κ2) is 6.67. The first kappa shape index (κ1) is 16.4. The molecule has 132 valence electrons. The fourth-order valence-electron chi connectivity index (χ4n) is 3.61. The zero-order chi connectivity index (χ0) is 18.1. The molecule has 0 bridgehead atoms. The zero-order valence-corrected chi connectivity index (χ0v) is 14.6. The van der Waals surface area contributed by atoms with Gasteiger partial charge in [0.25, 0.3) is 5.56 Å². The average molecular weight is 348 g/mol. The number of hydrogen-bond donors (Lipinski definition) is 2. The summed E-state index contributed by atoms with van der Waals surface area (Å²) >= 11 is 0. The van der Waals surface area contributed by atoms with E-state index in [1.807, 2.05) is 42.5 Å². The van der Waals surface area contributed by atoms with Gasteiger partial charge in [-0.2, -0.15) is 0 Å². The van der Waals surface area contributed by atoms with Crippen LogP contribution in [0.25, 0.3) is 10.9 Å². The summed E-state index contributed by atoms with van der Waals surface area (Å²) in [5.74, 6) is 0.665. The zero-order valence-electron chi connectivity index (χ0n) is 14.6. The van der Waals surface area contributed by atoms with Gasteiger partial charge in [0.1, 0.15) is 5.75 Å². The van der Waals surface area contributed by atoms with E-state index in [1.54, 1.807) is 7.11 Å². The predicted octanol–water partition coefficient (Wildman–Crippen LogP) is 3.21. The van der Waals surface area contributed by atoms with Gasteiger partial charge in [0.05, 0.1) is 19.0 Å². The second-order valence-electron chi connectivity index (χ2n) is 6.60. The number of H-pyrrole nitrogens is 1. The van der Waals surface area contributed by atoms with Crippen molar-refractivity contribution in [3.05, 3.63) is 69.5 Å². The number of aromatic amines is 1. The Balaban J connectivity index is 1.54. The van der Waals surface area contributed by atoms with E-state index in [0.29, 0.717) is 5.69 Å². The van der Waals surface area contributed by atoms with Gasteiger partial charge >= 0.3 is 0 Å². The molecule has 1 aliphatic rings. The van der Waals surface area contributed by atoms with Crippen molar-refractivity contribution in [3.63, 3.8) is 0 Å². The van der Waals surface area contributed by atoms with Crippen LogP contribution in [0, 0.1) is 0 Å². The van der Waals surface area contributed by atoms with Crippen LogP contribution in [0.15, 0.2) is 47.3 Å². The van der Waals surface area contributed by atoms with Crippen LogP contribution in [0.1, 0.15) is 23.1 Å².